The van der Waals surface area contributed by atoms with E-state index in [1.807, 2.05) is 0 Å². The second-order valence-electron chi connectivity index (χ2n) is 5.36. The van der Waals surface area contributed by atoms with E-state index in [1.165, 1.54) is 35.2 Å². The van der Waals surface area contributed by atoms with Gasteiger partial charge in [0.1, 0.15) is 0 Å². The molecule has 0 atom stereocenters. The molecule has 2 heteroatoms. The summed E-state index contributed by atoms with van der Waals surface area (Å²) in [6.45, 7) is 4.34. The average molecular weight is 241 g/mol. The maximum absolute atomic E-state index is 9.75. The Morgan fingerprint density at radius 2 is 1.94 bits per heavy atom. The van der Waals surface area contributed by atoms with Crippen LogP contribution in [0.2, 0.25) is 0 Å². The first kappa shape index (κ1) is 11.7. The number of aliphatic hydroxyl groups is 1. The van der Waals surface area contributed by atoms with Crippen LogP contribution in [0.1, 0.15) is 40.8 Å². The molecular weight excluding hydrogens is 222 g/mol. The van der Waals surface area contributed by atoms with Crippen molar-refractivity contribution in [2.45, 2.75) is 46.1 Å². The number of aromatic nitrogens is 1. The molecule has 0 aliphatic heterocycles. The lowest BCUT2D eigenvalue weighted by atomic mass is 9.89. The second kappa shape index (κ2) is 4.36. The molecule has 1 N–H and O–H groups in total. The standard InChI is InChI=1S/C16H19NO/c1-10-7-11(2)16-13(8-10)14(9-18)12-5-3-4-6-15(12)17-16/h7-8,18H,3-6,9H2,1-2H3. The van der Waals surface area contributed by atoms with Crippen molar-refractivity contribution in [3.8, 4) is 0 Å². The summed E-state index contributed by atoms with van der Waals surface area (Å²) < 4.78 is 0. The van der Waals surface area contributed by atoms with Crippen molar-refractivity contribution in [1.82, 2.24) is 4.98 Å². The predicted octanol–water partition coefficient (Wildman–Crippen LogP) is 3.22. The summed E-state index contributed by atoms with van der Waals surface area (Å²) in [5, 5.41) is 10.9. The molecule has 0 radical (unpaired) electrons. The first-order valence-corrected chi connectivity index (χ1v) is 6.73. The van der Waals surface area contributed by atoms with Gasteiger partial charge in [-0.05, 0) is 62.3 Å². The molecule has 2 aromatic rings. The Bertz CT molecular complexity index is 616. The lowest BCUT2D eigenvalue weighted by Gasteiger charge is -2.20. The lowest BCUT2D eigenvalue weighted by Crippen LogP contribution is -2.10. The second-order valence-corrected chi connectivity index (χ2v) is 5.36. The first-order chi connectivity index (χ1) is 8.70. The maximum Gasteiger partial charge on any atom is 0.0738 e. The van der Waals surface area contributed by atoms with Gasteiger partial charge in [0.05, 0.1) is 12.1 Å². The zero-order valence-corrected chi connectivity index (χ0v) is 11.1. The van der Waals surface area contributed by atoms with Crippen molar-refractivity contribution in [2.24, 2.45) is 0 Å². The van der Waals surface area contributed by atoms with Crippen LogP contribution in [0, 0.1) is 13.8 Å². The van der Waals surface area contributed by atoms with Gasteiger partial charge >= 0.3 is 0 Å². The van der Waals surface area contributed by atoms with Crippen LogP contribution in [-0.4, -0.2) is 10.1 Å². The summed E-state index contributed by atoms with van der Waals surface area (Å²) >= 11 is 0. The summed E-state index contributed by atoms with van der Waals surface area (Å²) in [6.07, 6.45) is 4.58. The van der Waals surface area contributed by atoms with E-state index in [4.69, 9.17) is 4.98 Å². The topological polar surface area (TPSA) is 33.1 Å². The lowest BCUT2D eigenvalue weighted by molar-refractivity contribution is 0.281. The van der Waals surface area contributed by atoms with Gasteiger partial charge in [-0.25, -0.2) is 0 Å². The van der Waals surface area contributed by atoms with Crippen LogP contribution in [0.15, 0.2) is 12.1 Å². The zero-order valence-electron chi connectivity index (χ0n) is 11.1. The van der Waals surface area contributed by atoms with Crippen molar-refractivity contribution in [2.75, 3.05) is 0 Å². The molecule has 0 amide bonds. The summed E-state index contributed by atoms with van der Waals surface area (Å²) in [5.41, 5.74) is 7.16. The van der Waals surface area contributed by atoms with Gasteiger partial charge in [0.15, 0.2) is 0 Å². The Morgan fingerprint density at radius 3 is 2.72 bits per heavy atom. The molecular formula is C16H19NO. The Balaban J connectivity index is 2.40. The van der Waals surface area contributed by atoms with Crippen LogP contribution in [0.25, 0.3) is 10.9 Å². The van der Waals surface area contributed by atoms with Crippen LogP contribution in [0.5, 0.6) is 0 Å². The van der Waals surface area contributed by atoms with E-state index >= 15 is 0 Å². The minimum absolute atomic E-state index is 0.129. The van der Waals surface area contributed by atoms with Gasteiger partial charge in [0.25, 0.3) is 0 Å². The molecule has 1 aliphatic rings. The van der Waals surface area contributed by atoms with Crippen LogP contribution >= 0.6 is 0 Å². The Kier molecular flexibility index (Phi) is 2.83. The third kappa shape index (κ3) is 1.72. The molecule has 1 aromatic heterocycles. The summed E-state index contributed by atoms with van der Waals surface area (Å²) in [4.78, 5) is 4.85. The number of pyridine rings is 1. The number of benzene rings is 1. The highest BCUT2D eigenvalue weighted by atomic mass is 16.3. The fourth-order valence-corrected chi connectivity index (χ4v) is 3.15. The van der Waals surface area contributed by atoms with Crippen molar-refractivity contribution >= 4 is 10.9 Å². The monoisotopic (exact) mass is 241 g/mol. The van der Waals surface area contributed by atoms with Crippen LogP contribution < -0.4 is 0 Å². The summed E-state index contributed by atoms with van der Waals surface area (Å²) in [5.74, 6) is 0. The van der Waals surface area contributed by atoms with Gasteiger partial charge < -0.3 is 5.11 Å². The van der Waals surface area contributed by atoms with E-state index in [9.17, 15) is 5.11 Å². The van der Waals surface area contributed by atoms with E-state index in [0.717, 1.165) is 29.3 Å². The molecule has 0 fully saturated rings. The molecule has 1 aliphatic carbocycles. The number of hydrogen-bond donors (Lipinski definition) is 1. The molecule has 0 spiro atoms. The highest BCUT2D eigenvalue weighted by Crippen LogP contribution is 2.31. The molecule has 0 bridgehead atoms. The van der Waals surface area contributed by atoms with E-state index in [-0.39, 0.29) is 6.61 Å². The minimum atomic E-state index is 0.129. The van der Waals surface area contributed by atoms with Crippen molar-refractivity contribution in [3.05, 3.63) is 40.1 Å². The third-order valence-corrected chi connectivity index (χ3v) is 3.98. The fourth-order valence-electron chi connectivity index (χ4n) is 3.15. The number of aryl methyl sites for hydroxylation is 3. The van der Waals surface area contributed by atoms with E-state index < -0.39 is 0 Å². The Hall–Kier alpha value is -1.41. The molecule has 94 valence electrons. The van der Waals surface area contributed by atoms with Gasteiger partial charge in [-0.15, -0.1) is 0 Å². The molecule has 0 saturated carbocycles. The number of aliphatic hydroxyl groups excluding tert-OH is 1. The highest BCUT2D eigenvalue weighted by molar-refractivity contribution is 5.87. The largest absolute Gasteiger partial charge is 0.392 e. The average Bonchev–Trinajstić information content (AvgIpc) is 2.36. The van der Waals surface area contributed by atoms with Crippen LogP contribution in [0.3, 0.4) is 0 Å². The van der Waals surface area contributed by atoms with Gasteiger partial charge in [-0.3, -0.25) is 4.98 Å². The number of fused-ring (bicyclic) bond motifs is 2. The third-order valence-electron chi connectivity index (χ3n) is 3.98. The number of hydrogen-bond acceptors (Lipinski definition) is 2. The molecule has 18 heavy (non-hydrogen) atoms. The quantitative estimate of drug-likeness (QED) is 0.831. The van der Waals surface area contributed by atoms with Gasteiger partial charge in [-0.2, -0.15) is 0 Å². The smallest absolute Gasteiger partial charge is 0.0738 e. The predicted molar refractivity (Wildman–Crippen MR) is 73.8 cm³/mol. The minimum Gasteiger partial charge on any atom is -0.392 e. The van der Waals surface area contributed by atoms with E-state index in [0.29, 0.717) is 0 Å². The van der Waals surface area contributed by atoms with Gasteiger partial charge in [-0.1, -0.05) is 11.6 Å². The van der Waals surface area contributed by atoms with Crippen LogP contribution in [0.4, 0.5) is 0 Å². The molecule has 1 heterocycles. The molecule has 1 aromatic carbocycles. The fraction of sp³-hybridized carbons (Fsp3) is 0.438. The normalized spacial score (nSPS) is 14.8. The molecule has 2 nitrogen and oxygen atoms in total. The molecule has 3 rings (SSSR count). The van der Waals surface area contributed by atoms with Gasteiger partial charge in [0, 0.05) is 11.1 Å². The van der Waals surface area contributed by atoms with Gasteiger partial charge in [0.2, 0.25) is 0 Å². The SMILES string of the molecule is Cc1cc(C)c2nc3c(c(CO)c2c1)CCCC3. The summed E-state index contributed by atoms with van der Waals surface area (Å²) in [6, 6.07) is 4.33. The van der Waals surface area contributed by atoms with E-state index in [1.54, 1.807) is 0 Å². The first-order valence-electron chi connectivity index (χ1n) is 6.73. The van der Waals surface area contributed by atoms with E-state index in [2.05, 4.69) is 26.0 Å². The summed E-state index contributed by atoms with van der Waals surface area (Å²) in [7, 11) is 0. The maximum atomic E-state index is 9.75. The van der Waals surface area contributed by atoms with Crippen molar-refractivity contribution in [1.29, 1.82) is 0 Å². The highest BCUT2D eigenvalue weighted by Gasteiger charge is 2.18. The molecule has 0 saturated heterocycles. The van der Waals surface area contributed by atoms with Crippen LogP contribution in [-0.2, 0) is 19.4 Å². The Labute approximate surface area is 108 Å². The number of nitrogens with zero attached hydrogens (tertiary/aromatic N) is 1. The number of rotatable bonds is 1. The zero-order chi connectivity index (χ0) is 12.7. The molecule has 0 unspecified atom stereocenters. The van der Waals surface area contributed by atoms with Crippen molar-refractivity contribution in [3.63, 3.8) is 0 Å². The Morgan fingerprint density at radius 1 is 1.17 bits per heavy atom. The van der Waals surface area contributed by atoms with Crippen molar-refractivity contribution < 1.29 is 5.11 Å².